The van der Waals surface area contributed by atoms with Crippen molar-refractivity contribution in [3.05, 3.63) is 41.1 Å². The smallest absolute Gasteiger partial charge is 0.276 e. The van der Waals surface area contributed by atoms with E-state index in [0.29, 0.717) is 0 Å². The minimum atomic E-state index is -0.579. The molecule has 0 spiro atoms. The number of rotatable bonds is 3. The minimum absolute atomic E-state index is 0.0273. The quantitative estimate of drug-likeness (QED) is 0.870. The van der Waals surface area contributed by atoms with E-state index in [1.54, 1.807) is 0 Å². The lowest BCUT2D eigenvalue weighted by Gasteiger charge is -2.05. The fourth-order valence-corrected chi connectivity index (χ4v) is 1.41. The lowest BCUT2D eigenvalue weighted by atomic mass is 10.3. The first-order chi connectivity index (χ1) is 9.08. The second-order valence-corrected chi connectivity index (χ2v) is 3.76. The Bertz CT molecular complexity index is 606. The topological polar surface area (TPSA) is 77.0 Å². The molecular formula is C11H8ClFN4O2. The Morgan fingerprint density at radius 3 is 2.84 bits per heavy atom. The van der Waals surface area contributed by atoms with Crippen LogP contribution in [0.25, 0.3) is 0 Å². The SMILES string of the molecule is COc1cc(Cl)nc(NC(=O)c2ccc(F)cn2)n1. The van der Waals surface area contributed by atoms with Crippen molar-refractivity contribution in [2.45, 2.75) is 0 Å². The molecule has 2 aromatic rings. The van der Waals surface area contributed by atoms with Crippen molar-refractivity contribution in [1.29, 1.82) is 0 Å². The van der Waals surface area contributed by atoms with Crippen molar-refractivity contribution in [2.24, 2.45) is 0 Å². The minimum Gasteiger partial charge on any atom is -0.481 e. The van der Waals surface area contributed by atoms with Gasteiger partial charge in [-0.2, -0.15) is 4.98 Å². The number of aromatic nitrogens is 3. The highest BCUT2D eigenvalue weighted by Gasteiger charge is 2.11. The third-order valence-electron chi connectivity index (χ3n) is 2.07. The molecule has 0 atom stereocenters. The number of pyridine rings is 1. The summed E-state index contributed by atoms with van der Waals surface area (Å²) in [5, 5.41) is 2.50. The Labute approximate surface area is 112 Å². The number of carbonyl (C=O) groups excluding carboxylic acids is 1. The molecule has 0 saturated heterocycles. The summed E-state index contributed by atoms with van der Waals surface area (Å²) in [5.74, 6) is -0.926. The first kappa shape index (κ1) is 13.2. The molecule has 0 unspecified atom stereocenters. The van der Waals surface area contributed by atoms with E-state index in [2.05, 4.69) is 20.3 Å². The lowest BCUT2D eigenvalue weighted by Crippen LogP contribution is -2.16. The van der Waals surface area contributed by atoms with Crippen molar-refractivity contribution in [3.63, 3.8) is 0 Å². The van der Waals surface area contributed by atoms with Crippen LogP contribution in [-0.2, 0) is 0 Å². The van der Waals surface area contributed by atoms with Crippen LogP contribution < -0.4 is 10.1 Å². The summed E-state index contributed by atoms with van der Waals surface area (Å²) in [4.78, 5) is 23.1. The Hall–Kier alpha value is -2.28. The normalized spacial score (nSPS) is 10.1. The van der Waals surface area contributed by atoms with Gasteiger partial charge in [-0.3, -0.25) is 10.1 Å². The Morgan fingerprint density at radius 2 is 2.21 bits per heavy atom. The first-order valence-electron chi connectivity index (χ1n) is 5.10. The van der Waals surface area contributed by atoms with Crippen molar-refractivity contribution >= 4 is 23.5 Å². The fraction of sp³-hybridized carbons (Fsp3) is 0.0909. The molecule has 1 N–H and O–H groups in total. The van der Waals surface area contributed by atoms with Gasteiger partial charge in [-0.1, -0.05) is 11.6 Å². The maximum Gasteiger partial charge on any atom is 0.276 e. The van der Waals surface area contributed by atoms with E-state index in [1.165, 1.54) is 19.2 Å². The summed E-state index contributed by atoms with van der Waals surface area (Å²) >= 11 is 5.73. The monoisotopic (exact) mass is 282 g/mol. The second-order valence-electron chi connectivity index (χ2n) is 3.37. The maximum atomic E-state index is 12.7. The number of hydrogen-bond acceptors (Lipinski definition) is 5. The van der Waals surface area contributed by atoms with E-state index in [0.717, 1.165) is 12.3 Å². The molecule has 0 aromatic carbocycles. The van der Waals surface area contributed by atoms with Crippen LogP contribution in [0, 0.1) is 5.82 Å². The average molecular weight is 283 g/mol. The maximum absolute atomic E-state index is 12.7. The molecule has 2 heterocycles. The van der Waals surface area contributed by atoms with Gasteiger partial charge in [0, 0.05) is 6.07 Å². The summed E-state index contributed by atoms with van der Waals surface area (Å²) in [5.41, 5.74) is 0.0314. The molecule has 2 aromatic heterocycles. The van der Waals surface area contributed by atoms with E-state index in [1.807, 2.05) is 0 Å². The molecule has 0 bridgehead atoms. The van der Waals surface area contributed by atoms with Crippen LogP contribution in [0.3, 0.4) is 0 Å². The Kier molecular flexibility index (Phi) is 3.86. The first-order valence-corrected chi connectivity index (χ1v) is 5.48. The molecule has 6 nitrogen and oxygen atoms in total. The van der Waals surface area contributed by atoms with Crippen molar-refractivity contribution in [3.8, 4) is 5.88 Å². The number of ether oxygens (including phenoxy) is 1. The number of nitrogens with one attached hydrogen (secondary N) is 1. The summed E-state index contributed by atoms with van der Waals surface area (Å²) < 4.78 is 17.6. The van der Waals surface area contributed by atoms with Crippen LogP contribution in [-0.4, -0.2) is 28.0 Å². The average Bonchev–Trinajstić information content (AvgIpc) is 2.38. The van der Waals surface area contributed by atoms with Gasteiger partial charge >= 0.3 is 0 Å². The van der Waals surface area contributed by atoms with Gasteiger partial charge < -0.3 is 4.74 Å². The number of amides is 1. The summed E-state index contributed by atoms with van der Waals surface area (Å²) in [6.07, 6.45) is 0.939. The molecule has 0 aliphatic carbocycles. The van der Waals surface area contributed by atoms with Crippen LogP contribution in [0.4, 0.5) is 10.3 Å². The number of methoxy groups -OCH3 is 1. The Balaban J connectivity index is 2.18. The molecule has 98 valence electrons. The molecule has 1 amide bonds. The molecule has 19 heavy (non-hydrogen) atoms. The van der Waals surface area contributed by atoms with Gasteiger partial charge in [0.05, 0.1) is 13.3 Å². The number of halogens is 2. The number of nitrogens with zero attached hydrogens (tertiary/aromatic N) is 3. The molecule has 0 fully saturated rings. The molecule has 0 aliphatic rings. The summed E-state index contributed by atoms with van der Waals surface area (Å²) in [6.45, 7) is 0. The van der Waals surface area contributed by atoms with E-state index in [-0.39, 0.29) is 22.7 Å². The van der Waals surface area contributed by atoms with Crippen LogP contribution in [0.5, 0.6) is 5.88 Å². The molecular weight excluding hydrogens is 275 g/mol. The number of hydrogen-bond donors (Lipinski definition) is 1. The van der Waals surface area contributed by atoms with E-state index < -0.39 is 11.7 Å². The lowest BCUT2D eigenvalue weighted by molar-refractivity contribution is 0.102. The standard InChI is InChI=1S/C11H8ClFN4O2/c1-19-9-4-8(12)15-11(16-9)17-10(18)7-3-2-6(13)5-14-7/h2-5H,1H3,(H,15,16,17,18). The molecule has 0 saturated carbocycles. The highest BCUT2D eigenvalue weighted by molar-refractivity contribution is 6.29. The van der Waals surface area contributed by atoms with Gasteiger partial charge in [-0.15, -0.1) is 0 Å². The third kappa shape index (κ3) is 3.35. The predicted octanol–water partition coefficient (Wildman–Crippen LogP) is 1.92. The van der Waals surface area contributed by atoms with Gasteiger partial charge in [0.15, 0.2) is 0 Å². The van der Waals surface area contributed by atoms with Gasteiger partial charge in [0.1, 0.15) is 16.7 Å². The van der Waals surface area contributed by atoms with Crippen LogP contribution >= 0.6 is 11.6 Å². The van der Waals surface area contributed by atoms with Gasteiger partial charge in [0.25, 0.3) is 5.91 Å². The zero-order valence-corrected chi connectivity index (χ0v) is 10.5. The van der Waals surface area contributed by atoms with Crippen LogP contribution in [0.1, 0.15) is 10.5 Å². The molecule has 2 rings (SSSR count). The third-order valence-corrected chi connectivity index (χ3v) is 2.26. The summed E-state index contributed by atoms with van der Waals surface area (Å²) in [6, 6.07) is 3.77. The molecule has 0 radical (unpaired) electrons. The van der Waals surface area contributed by atoms with Crippen LogP contribution in [0.15, 0.2) is 24.4 Å². The number of carbonyl (C=O) groups is 1. The Morgan fingerprint density at radius 1 is 1.42 bits per heavy atom. The van der Waals surface area contributed by atoms with E-state index >= 15 is 0 Å². The second kappa shape index (κ2) is 5.57. The van der Waals surface area contributed by atoms with Crippen molar-refractivity contribution in [1.82, 2.24) is 15.0 Å². The zero-order chi connectivity index (χ0) is 13.8. The van der Waals surface area contributed by atoms with Gasteiger partial charge in [-0.05, 0) is 12.1 Å². The largest absolute Gasteiger partial charge is 0.481 e. The highest BCUT2D eigenvalue weighted by Crippen LogP contribution is 2.16. The zero-order valence-electron chi connectivity index (χ0n) is 9.72. The fourth-order valence-electron chi connectivity index (χ4n) is 1.23. The van der Waals surface area contributed by atoms with E-state index in [9.17, 15) is 9.18 Å². The number of anilines is 1. The van der Waals surface area contributed by atoms with Crippen molar-refractivity contribution < 1.29 is 13.9 Å². The molecule has 0 aliphatic heterocycles. The van der Waals surface area contributed by atoms with Gasteiger partial charge in [-0.25, -0.2) is 14.4 Å². The molecule has 8 heteroatoms. The van der Waals surface area contributed by atoms with Crippen molar-refractivity contribution in [2.75, 3.05) is 12.4 Å². The predicted molar refractivity (Wildman–Crippen MR) is 65.7 cm³/mol. The summed E-state index contributed by atoms with van der Waals surface area (Å²) in [7, 11) is 1.41. The highest BCUT2D eigenvalue weighted by atomic mass is 35.5. The van der Waals surface area contributed by atoms with Crippen LogP contribution in [0.2, 0.25) is 5.15 Å². The van der Waals surface area contributed by atoms with E-state index in [4.69, 9.17) is 16.3 Å². The van der Waals surface area contributed by atoms with Gasteiger partial charge in [0.2, 0.25) is 11.8 Å².